The summed E-state index contributed by atoms with van der Waals surface area (Å²) in [6.45, 7) is 0.204. The molecule has 0 heterocycles. The highest BCUT2D eigenvalue weighted by molar-refractivity contribution is 7.89. The topological polar surface area (TPSA) is 110 Å². The van der Waals surface area contributed by atoms with Crippen molar-refractivity contribution in [1.82, 2.24) is 4.72 Å². The van der Waals surface area contributed by atoms with Crippen molar-refractivity contribution < 1.29 is 31.6 Å². The molecule has 21 heavy (non-hydrogen) atoms. The minimum atomic E-state index is -4.41. The van der Waals surface area contributed by atoms with Crippen LogP contribution in [0.5, 0.6) is 0 Å². The summed E-state index contributed by atoms with van der Waals surface area (Å²) in [5, 5.41) is 19.4. The maximum atomic E-state index is 13.3. The number of nitro groups is 1. The second-order valence-corrected chi connectivity index (χ2v) is 5.82. The summed E-state index contributed by atoms with van der Waals surface area (Å²) < 4.78 is 62.9. The van der Waals surface area contributed by atoms with Crippen molar-refractivity contribution in [1.29, 1.82) is 0 Å². The van der Waals surface area contributed by atoms with Crippen LogP contribution in [0, 0.1) is 22.9 Å². The second kappa shape index (κ2) is 6.37. The zero-order chi connectivity index (χ0) is 16.4. The van der Waals surface area contributed by atoms with Crippen LogP contribution in [0.15, 0.2) is 17.0 Å². The number of nitro benzene ring substituents is 1. The van der Waals surface area contributed by atoms with E-state index in [-0.39, 0.29) is 5.56 Å². The molecule has 1 aromatic carbocycles. The molecule has 7 nitrogen and oxygen atoms in total. The number of hydrogen-bond acceptors (Lipinski definition) is 5. The molecule has 2 N–H and O–H groups in total. The Kier molecular flexibility index (Phi) is 5.25. The lowest BCUT2D eigenvalue weighted by molar-refractivity contribution is -0.387. The number of aliphatic hydroxyl groups excluding tert-OH is 1. The van der Waals surface area contributed by atoms with Crippen LogP contribution in [0.4, 0.5) is 18.9 Å². The van der Waals surface area contributed by atoms with Crippen molar-refractivity contribution in [2.24, 2.45) is 0 Å². The first kappa shape index (κ1) is 17.3. The Bertz CT molecular complexity index is 650. The first-order valence-electron chi connectivity index (χ1n) is 5.46. The molecule has 1 aromatic rings. The van der Waals surface area contributed by atoms with Crippen LogP contribution in [0.25, 0.3) is 0 Å². The normalized spacial score (nSPS) is 13.4. The lowest BCUT2D eigenvalue weighted by Gasteiger charge is -2.12. The van der Waals surface area contributed by atoms with E-state index < -0.39 is 50.4 Å². The molecule has 0 saturated carbocycles. The molecular weight excluding hydrogens is 317 g/mol. The standard InChI is InChI=1S/C10H11F3N2O5S/c1-5-2-6(11)7(15(17)18)3-9(5)21(19,20)14-4-8(16)10(12)13/h2-3,8,10,14,16H,4H2,1H3. The second-order valence-electron chi connectivity index (χ2n) is 4.08. The van der Waals surface area contributed by atoms with Gasteiger partial charge in [0.05, 0.1) is 9.82 Å². The van der Waals surface area contributed by atoms with Crippen LogP contribution in [-0.2, 0) is 10.0 Å². The SMILES string of the molecule is Cc1cc(F)c([N+](=O)[O-])cc1S(=O)(=O)NCC(O)C(F)F. The fourth-order valence-electron chi connectivity index (χ4n) is 1.43. The highest BCUT2D eigenvalue weighted by Gasteiger charge is 2.26. The maximum Gasteiger partial charge on any atom is 0.306 e. The number of hydrogen-bond donors (Lipinski definition) is 2. The number of alkyl halides is 2. The van der Waals surface area contributed by atoms with Gasteiger partial charge in [-0.05, 0) is 18.6 Å². The number of rotatable bonds is 6. The van der Waals surface area contributed by atoms with Gasteiger partial charge in [0.25, 0.3) is 6.43 Å². The summed E-state index contributed by atoms with van der Waals surface area (Å²) >= 11 is 0. The van der Waals surface area contributed by atoms with Gasteiger partial charge in [-0.25, -0.2) is 21.9 Å². The zero-order valence-corrected chi connectivity index (χ0v) is 11.4. The number of halogens is 3. The van der Waals surface area contributed by atoms with Crippen molar-refractivity contribution in [2.45, 2.75) is 24.3 Å². The molecule has 0 aliphatic rings. The van der Waals surface area contributed by atoms with E-state index in [2.05, 4.69) is 0 Å². The molecule has 0 spiro atoms. The first-order chi connectivity index (χ1) is 9.56. The van der Waals surface area contributed by atoms with Gasteiger partial charge in [0.2, 0.25) is 15.8 Å². The van der Waals surface area contributed by atoms with E-state index in [1.54, 1.807) is 4.72 Å². The summed E-state index contributed by atoms with van der Waals surface area (Å²) in [6, 6.07) is 1.14. The minimum Gasteiger partial charge on any atom is -0.386 e. The van der Waals surface area contributed by atoms with Crippen LogP contribution >= 0.6 is 0 Å². The Balaban J connectivity index is 3.14. The average Bonchev–Trinajstić information content (AvgIpc) is 2.34. The van der Waals surface area contributed by atoms with Crippen LogP contribution < -0.4 is 4.72 Å². The van der Waals surface area contributed by atoms with Gasteiger partial charge < -0.3 is 5.11 Å². The number of benzene rings is 1. The zero-order valence-electron chi connectivity index (χ0n) is 10.6. The highest BCUT2D eigenvalue weighted by Crippen LogP contribution is 2.25. The molecule has 0 saturated heterocycles. The van der Waals surface area contributed by atoms with Gasteiger partial charge >= 0.3 is 5.69 Å². The number of sulfonamides is 1. The number of aliphatic hydroxyl groups is 1. The molecule has 0 aliphatic heterocycles. The lowest BCUT2D eigenvalue weighted by Crippen LogP contribution is -2.36. The number of nitrogens with zero attached hydrogens (tertiary/aromatic N) is 1. The molecule has 1 atom stereocenters. The molecule has 11 heteroatoms. The highest BCUT2D eigenvalue weighted by atomic mass is 32.2. The smallest absolute Gasteiger partial charge is 0.306 e. The molecule has 0 aromatic heterocycles. The maximum absolute atomic E-state index is 13.3. The van der Waals surface area contributed by atoms with Crippen molar-refractivity contribution in [2.75, 3.05) is 6.54 Å². The van der Waals surface area contributed by atoms with Gasteiger partial charge in [-0.3, -0.25) is 10.1 Å². The third kappa shape index (κ3) is 4.12. The molecule has 0 amide bonds. The van der Waals surface area contributed by atoms with Gasteiger partial charge in [0.15, 0.2) is 0 Å². The third-order valence-electron chi connectivity index (χ3n) is 2.50. The summed E-state index contributed by atoms with van der Waals surface area (Å²) in [5.74, 6) is -1.22. The minimum absolute atomic E-state index is 0.142. The molecule has 0 radical (unpaired) electrons. The Morgan fingerprint density at radius 2 is 2.00 bits per heavy atom. The molecule has 0 aliphatic carbocycles. The van der Waals surface area contributed by atoms with Crippen molar-refractivity contribution >= 4 is 15.7 Å². The first-order valence-corrected chi connectivity index (χ1v) is 6.95. The summed E-state index contributed by atoms with van der Waals surface area (Å²) in [7, 11) is -4.41. The van der Waals surface area contributed by atoms with Crippen LogP contribution in [-0.4, -0.2) is 37.5 Å². The van der Waals surface area contributed by atoms with Crippen LogP contribution in [0.2, 0.25) is 0 Å². The molecule has 0 fully saturated rings. The van der Waals surface area contributed by atoms with Crippen molar-refractivity contribution in [3.63, 3.8) is 0 Å². The summed E-state index contributed by atoms with van der Waals surface area (Å²) in [6.07, 6.45) is -5.38. The van der Waals surface area contributed by atoms with E-state index in [1.807, 2.05) is 0 Å². The monoisotopic (exact) mass is 328 g/mol. The lowest BCUT2D eigenvalue weighted by atomic mass is 10.2. The molecule has 0 bridgehead atoms. The van der Waals surface area contributed by atoms with Crippen LogP contribution in [0.1, 0.15) is 5.56 Å². The summed E-state index contributed by atoms with van der Waals surface area (Å²) in [4.78, 5) is 8.84. The predicted octanol–water partition coefficient (Wildman–Crippen LogP) is 0.947. The predicted molar refractivity (Wildman–Crippen MR) is 65.0 cm³/mol. The van der Waals surface area contributed by atoms with E-state index in [0.29, 0.717) is 12.1 Å². The fourth-order valence-corrected chi connectivity index (χ4v) is 2.73. The van der Waals surface area contributed by atoms with Gasteiger partial charge in [-0.2, -0.15) is 4.39 Å². The Labute approximate surface area is 117 Å². The summed E-state index contributed by atoms with van der Waals surface area (Å²) in [5.41, 5.74) is -1.20. The molecular formula is C10H11F3N2O5S. The van der Waals surface area contributed by atoms with Crippen molar-refractivity contribution in [3.8, 4) is 0 Å². The van der Waals surface area contributed by atoms with Gasteiger partial charge in [0.1, 0.15) is 6.10 Å². The average molecular weight is 328 g/mol. The fraction of sp³-hybridized carbons (Fsp3) is 0.400. The quantitative estimate of drug-likeness (QED) is 0.597. The van der Waals surface area contributed by atoms with Gasteiger partial charge in [-0.1, -0.05) is 0 Å². The van der Waals surface area contributed by atoms with E-state index in [0.717, 1.165) is 0 Å². The molecule has 1 rings (SSSR count). The Hall–Kier alpha value is -1.72. The van der Waals surface area contributed by atoms with Gasteiger partial charge in [0, 0.05) is 12.6 Å². The largest absolute Gasteiger partial charge is 0.386 e. The molecule has 118 valence electrons. The molecule has 1 unspecified atom stereocenters. The Morgan fingerprint density at radius 3 is 2.48 bits per heavy atom. The Morgan fingerprint density at radius 1 is 1.43 bits per heavy atom. The van der Waals surface area contributed by atoms with E-state index >= 15 is 0 Å². The van der Waals surface area contributed by atoms with E-state index in [1.165, 1.54) is 6.92 Å². The van der Waals surface area contributed by atoms with E-state index in [9.17, 15) is 31.7 Å². The van der Waals surface area contributed by atoms with E-state index in [4.69, 9.17) is 5.11 Å². The third-order valence-corrected chi connectivity index (χ3v) is 4.07. The van der Waals surface area contributed by atoms with Crippen molar-refractivity contribution in [3.05, 3.63) is 33.6 Å². The number of aryl methyl sites for hydroxylation is 1. The number of nitrogens with one attached hydrogen (secondary N) is 1. The van der Waals surface area contributed by atoms with Crippen LogP contribution in [0.3, 0.4) is 0 Å². The van der Waals surface area contributed by atoms with Gasteiger partial charge in [-0.15, -0.1) is 0 Å².